The first-order valence-corrected chi connectivity index (χ1v) is 7.80. The Kier molecular flexibility index (Phi) is 4.48. The van der Waals surface area contributed by atoms with Crippen LogP contribution in [0.3, 0.4) is 0 Å². The third-order valence-corrected chi connectivity index (χ3v) is 4.08. The maximum absolute atomic E-state index is 12.9. The van der Waals surface area contributed by atoms with Gasteiger partial charge in [-0.25, -0.2) is 4.98 Å². The summed E-state index contributed by atoms with van der Waals surface area (Å²) in [7, 11) is 1.56. The van der Waals surface area contributed by atoms with Crippen molar-refractivity contribution in [1.82, 2.24) is 19.4 Å². The molecule has 0 atom stereocenters. The second-order valence-corrected chi connectivity index (χ2v) is 6.01. The zero-order chi connectivity index (χ0) is 18.1. The molecular formula is C18H18F2N4O. The Morgan fingerprint density at radius 2 is 2.04 bits per heavy atom. The zero-order valence-corrected chi connectivity index (χ0v) is 14.2. The van der Waals surface area contributed by atoms with E-state index in [0.717, 1.165) is 21.0 Å². The summed E-state index contributed by atoms with van der Waals surface area (Å²) in [6, 6.07) is 7.63. The van der Waals surface area contributed by atoms with Gasteiger partial charge in [0.2, 0.25) is 0 Å². The number of benzene rings is 1. The van der Waals surface area contributed by atoms with Crippen LogP contribution in [0.4, 0.5) is 8.78 Å². The van der Waals surface area contributed by atoms with Gasteiger partial charge in [0.15, 0.2) is 0 Å². The molecule has 0 unspecified atom stereocenters. The topological polar surface area (TPSA) is 51.0 Å². The molecule has 3 aromatic rings. The standard InChI is InChI=1S/C18H18F2N4O/c1-11-4-5-15-13(8-11)9-14(12(2)22-15)17(25)23(3)10-16-21-6-7-24(16)18(19)20/h4-9,18H,10H2,1-3H3. The normalized spacial score (nSPS) is 11.3. The highest BCUT2D eigenvalue weighted by molar-refractivity contribution is 5.98. The Hall–Kier alpha value is -2.83. The number of aromatic nitrogens is 3. The number of alkyl halides is 2. The van der Waals surface area contributed by atoms with Crippen molar-refractivity contribution in [2.24, 2.45) is 0 Å². The van der Waals surface area contributed by atoms with Gasteiger partial charge in [0.25, 0.3) is 5.91 Å². The van der Waals surface area contributed by atoms with E-state index in [1.165, 1.54) is 17.3 Å². The summed E-state index contributed by atoms with van der Waals surface area (Å²) < 4.78 is 26.6. The fourth-order valence-corrected chi connectivity index (χ4v) is 2.74. The average Bonchev–Trinajstić information content (AvgIpc) is 3.02. The number of amides is 1. The summed E-state index contributed by atoms with van der Waals surface area (Å²) in [4.78, 5) is 22.5. The van der Waals surface area contributed by atoms with Gasteiger partial charge in [-0.2, -0.15) is 8.78 Å². The second kappa shape index (κ2) is 6.58. The molecule has 2 heterocycles. The Morgan fingerprint density at radius 1 is 1.28 bits per heavy atom. The lowest BCUT2D eigenvalue weighted by Crippen LogP contribution is -2.28. The van der Waals surface area contributed by atoms with Gasteiger partial charge >= 0.3 is 6.55 Å². The fourth-order valence-electron chi connectivity index (χ4n) is 2.74. The lowest BCUT2D eigenvalue weighted by Gasteiger charge is -2.19. The number of carbonyl (C=O) groups is 1. The highest BCUT2D eigenvalue weighted by Gasteiger charge is 2.19. The van der Waals surface area contributed by atoms with E-state index in [2.05, 4.69) is 9.97 Å². The van der Waals surface area contributed by atoms with Crippen molar-refractivity contribution in [3.8, 4) is 0 Å². The molecule has 5 nitrogen and oxygen atoms in total. The third kappa shape index (κ3) is 3.35. The molecule has 0 radical (unpaired) electrons. The van der Waals surface area contributed by atoms with E-state index in [0.29, 0.717) is 11.3 Å². The molecule has 0 aliphatic heterocycles. The number of aryl methyl sites for hydroxylation is 2. The summed E-state index contributed by atoms with van der Waals surface area (Å²) in [5, 5.41) is 0.872. The van der Waals surface area contributed by atoms with Crippen molar-refractivity contribution in [3.63, 3.8) is 0 Å². The number of rotatable bonds is 4. The highest BCUT2D eigenvalue weighted by Crippen LogP contribution is 2.20. The van der Waals surface area contributed by atoms with Gasteiger partial charge < -0.3 is 4.90 Å². The van der Waals surface area contributed by atoms with E-state index < -0.39 is 6.55 Å². The number of fused-ring (bicyclic) bond motifs is 1. The van der Waals surface area contributed by atoms with Crippen LogP contribution in [0, 0.1) is 13.8 Å². The number of hydrogen-bond acceptors (Lipinski definition) is 3. The predicted octanol–water partition coefficient (Wildman–Crippen LogP) is 3.72. The monoisotopic (exact) mass is 344 g/mol. The van der Waals surface area contributed by atoms with Crippen LogP contribution in [0.25, 0.3) is 10.9 Å². The maximum atomic E-state index is 12.9. The molecule has 0 spiro atoms. The van der Waals surface area contributed by atoms with Gasteiger partial charge in [-0.15, -0.1) is 0 Å². The van der Waals surface area contributed by atoms with Crippen molar-refractivity contribution in [3.05, 3.63) is 59.3 Å². The first kappa shape index (κ1) is 17.0. The van der Waals surface area contributed by atoms with E-state index in [1.807, 2.05) is 25.1 Å². The predicted molar refractivity (Wildman–Crippen MR) is 90.5 cm³/mol. The number of nitrogens with zero attached hydrogens (tertiary/aromatic N) is 4. The molecule has 0 aliphatic carbocycles. The minimum Gasteiger partial charge on any atom is -0.334 e. The quantitative estimate of drug-likeness (QED) is 0.725. The highest BCUT2D eigenvalue weighted by atomic mass is 19.3. The Morgan fingerprint density at radius 3 is 2.76 bits per heavy atom. The molecule has 0 saturated carbocycles. The first-order valence-electron chi connectivity index (χ1n) is 7.80. The summed E-state index contributed by atoms with van der Waals surface area (Å²) in [5.41, 5.74) is 2.94. The van der Waals surface area contributed by atoms with Gasteiger partial charge in [-0.05, 0) is 32.0 Å². The Balaban J connectivity index is 1.90. The van der Waals surface area contributed by atoms with E-state index in [1.54, 1.807) is 20.0 Å². The lowest BCUT2D eigenvalue weighted by atomic mass is 10.1. The molecule has 130 valence electrons. The number of carbonyl (C=O) groups excluding carboxylic acids is 1. The van der Waals surface area contributed by atoms with Crippen molar-refractivity contribution < 1.29 is 13.6 Å². The molecule has 1 amide bonds. The molecule has 7 heteroatoms. The lowest BCUT2D eigenvalue weighted by molar-refractivity contribution is 0.0612. The van der Waals surface area contributed by atoms with E-state index >= 15 is 0 Å². The molecule has 1 aromatic carbocycles. The molecule has 0 fully saturated rings. The van der Waals surface area contributed by atoms with Crippen LogP contribution in [-0.2, 0) is 6.54 Å². The number of halogens is 2. The van der Waals surface area contributed by atoms with E-state index in [9.17, 15) is 13.6 Å². The number of imidazole rings is 1. The summed E-state index contributed by atoms with van der Waals surface area (Å²) in [5.74, 6) is -0.148. The smallest absolute Gasteiger partial charge is 0.319 e. The van der Waals surface area contributed by atoms with Gasteiger partial charge in [-0.3, -0.25) is 14.3 Å². The maximum Gasteiger partial charge on any atom is 0.319 e. The molecule has 0 N–H and O–H groups in total. The zero-order valence-electron chi connectivity index (χ0n) is 14.2. The van der Waals surface area contributed by atoms with Crippen molar-refractivity contribution in [1.29, 1.82) is 0 Å². The van der Waals surface area contributed by atoms with E-state index in [4.69, 9.17) is 0 Å². The molecule has 25 heavy (non-hydrogen) atoms. The average molecular weight is 344 g/mol. The van der Waals surface area contributed by atoms with Crippen LogP contribution in [0.2, 0.25) is 0 Å². The number of hydrogen-bond donors (Lipinski definition) is 0. The van der Waals surface area contributed by atoms with Crippen LogP contribution >= 0.6 is 0 Å². The van der Waals surface area contributed by atoms with Crippen LogP contribution < -0.4 is 0 Å². The van der Waals surface area contributed by atoms with Crippen molar-refractivity contribution in [2.45, 2.75) is 26.9 Å². The first-order chi connectivity index (χ1) is 11.9. The molecule has 0 bridgehead atoms. The van der Waals surface area contributed by atoms with Gasteiger partial charge in [-0.1, -0.05) is 11.6 Å². The summed E-state index contributed by atoms with van der Waals surface area (Å²) in [6.45, 7) is 1.03. The van der Waals surface area contributed by atoms with Crippen molar-refractivity contribution in [2.75, 3.05) is 7.05 Å². The fraction of sp³-hybridized carbons (Fsp3) is 0.278. The summed E-state index contributed by atoms with van der Waals surface area (Å²) >= 11 is 0. The molecule has 0 saturated heterocycles. The molecule has 0 aliphatic rings. The molecular weight excluding hydrogens is 326 g/mol. The van der Waals surface area contributed by atoms with Crippen LogP contribution in [0.15, 0.2) is 36.7 Å². The SMILES string of the molecule is Cc1ccc2nc(C)c(C(=O)N(C)Cc3nccn3C(F)F)cc2c1. The van der Waals surface area contributed by atoms with Crippen LogP contribution in [0.1, 0.15) is 34.0 Å². The second-order valence-electron chi connectivity index (χ2n) is 6.01. The molecule has 3 rings (SSSR count). The van der Waals surface area contributed by atoms with Crippen molar-refractivity contribution >= 4 is 16.8 Å². The van der Waals surface area contributed by atoms with Gasteiger partial charge in [0, 0.05) is 24.8 Å². The number of pyridine rings is 1. The Bertz CT molecular complexity index is 936. The minimum atomic E-state index is -2.69. The largest absolute Gasteiger partial charge is 0.334 e. The van der Waals surface area contributed by atoms with Gasteiger partial charge in [0.1, 0.15) is 5.82 Å². The third-order valence-electron chi connectivity index (χ3n) is 4.08. The minimum absolute atomic E-state index is 0.0124. The van der Waals surface area contributed by atoms with Gasteiger partial charge in [0.05, 0.1) is 23.3 Å². The van der Waals surface area contributed by atoms with Crippen LogP contribution in [-0.4, -0.2) is 32.4 Å². The molecule has 2 aromatic heterocycles. The van der Waals surface area contributed by atoms with E-state index in [-0.39, 0.29) is 18.3 Å². The van der Waals surface area contributed by atoms with Crippen LogP contribution in [0.5, 0.6) is 0 Å². The summed E-state index contributed by atoms with van der Waals surface area (Å²) in [6.07, 6.45) is 2.50. The Labute approximate surface area is 143 Å².